The van der Waals surface area contributed by atoms with Crippen molar-refractivity contribution in [2.45, 2.75) is 58.4 Å². The van der Waals surface area contributed by atoms with Crippen LogP contribution in [0.5, 0.6) is 0 Å². The van der Waals surface area contributed by atoms with Gasteiger partial charge in [0.1, 0.15) is 16.8 Å². The number of anilines is 1. The number of piperidine rings is 1. The molecule has 0 bridgehead atoms. The third-order valence-electron chi connectivity index (χ3n) is 3.96. The van der Waals surface area contributed by atoms with Gasteiger partial charge < -0.3 is 5.32 Å². The first-order chi connectivity index (χ1) is 9.86. The molecule has 0 radical (unpaired) electrons. The zero-order chi connectivity index (χ0) is 15.5. The summed E-state index contributed by atoms with van der Waals surface area (Å²) in [7, 11) is 0. The fraction of sp³-hybridized carbons (Fsp3) is 0.750. The van der Waals surface area contributed by atoms with Crippen molar-refractivity contribution in [3.05, 3.63) is 17.0 Å². The van der Waals surface area contributed by atoms with Gasteiger partial charge in [0.25, 0.3) is 0 Å². The van der Waals surface area contributed by atoms with Gasteiger partial charge in [0.2, 0.25) is 0 Å². The maximum atomic E-state index is 6.12. The van der Waals surface area contributed by atoms with E-state index in [9.17, 15) is 0 Å². The third kappa shape index (κ3) is 4.82. The summed E-state index contributed by atoms with van der Waals surface area (Å²) in [5.41, 5.74) is -0.0974. The van der Waals surface area contributed by atoms with E-state index in [2.05, 4.69) is 47.9 Å². The number of aromatic nitrogens is 2. The number of halogens is 1. The predicted octanol–water partition coefficient (Wildman–Crippen LogP) is 3.71. The van der Waals surface area contributed by atoms with Crippen LogP contribution in [-0.2, 0) is 5.41 Å². The van der Waals surface area contributed by atoms with Gasteiger partial charge in [-0.3, -0.25) is 4.90 Å². The predicted molar refractivity (Wildman–Crippen MR) is 89.1 cm³/mol. The molecule has 1 unspecified atom stereocenters. The molecular weight excluding hydrogens is 284 g/mol. The quantitative estimate of drug-likeness (QED) is 0.861. The number of hydrogen-bond donors (Lipinski definition) is 1. The Hall–Kier alpha value is -0.870. The van der Waals surface area contributed by atoms with Gasteiger partial charge in [-0.1, -0.05) is 38.8 Å². The molecule has 2 rings (SSSR count). The zero-order valence-corrected chi connectivity index (χ0v) is 14.4. The van der Waals surface area contributed by atoms with E-state index in [-0.39, 0.29) is 5.41 Å². The standard InChI is InChI=1S/C16H27ClN4/c1-12(21-8-6-5-7-9-21)11-18-14-10-13(17)19-15(20-14)16(2,3)4/h10,12H,5-9,11H2,1-4H3,(H,18,19,20). The second-order valence-corrected chi connectivity index (χ2v) is 7.36. The first-order valence-electron chi connectivity index (χ1n) is 7.89. The Bertz CT molecular complexity index is 464. The third-order valence-corrected chi connectivity index (χ3v) is 4.15. The van der Waals surface area contributed by atoms with Crippen molar-refractivity contribution in [1.29, 1.82) is 0 Å². The minimum atomic E-state index is -0.0974. The Morgan fingerprint density at radius 1 is 1.24 bits per heavy atom. The molecule has 1 atom stereocenters. The first-order valence-corrected chi connectivity index (χ1v) is 8.27. The SMILES string of the molecule is CC(CNc1cc(Cl)nc(C(C)(C)C)n1)N1CCCCC1. The molecule has 1 N–H and O–H groups in total. The Morgan fingerprint density at radius 2 is 1.90 bits per heavy atom. The van der Waals surface area contributed by atoms with Crippen LogP contribution in [0, 0.1) is 0 Å². The lowest BCUT2D eigenvalue weighted by Gasteiger charge is -2.32. The van der Waals surface area contributed by atoms with E-state index in [1.54, 1.807) is 6.07 Å². The van der Waals surface area contributed by atoms with E-state index < -0.39 is 0 Å². The lowest BCUT2D eigenvalue weighted by atomic mass is 9.96. The number of likely N-dealkylation sites (tertiary alicyclic amines) is 1. The average molecular weight is 311 g/mol. The highest BCUT2D eigenvalue weighted by molar-refractivity contribution is 6.29. The van der Waals surface area contributed by atoms with Gasteiger partial charge in [-0.25, -0.2) is 9.97 Å². The van der Waals surface area contributed by atoms with Crippen LogP contribution < -0.4 is 5.32 Å². The van der Waals surface area contributed by atoms with Gasteiger partial charge in [0, 0.05) is 24.1 Å². The highest BCUT2D eigenvalue weighted by Crippen LogP contribution is 2.22. The molecule has 118 valence electrons. The van der Waals surface area contributed by atoms with Crippen LogP contribution in [0.3, 0.4) is 0 Å². The largest absolute Gasteiger partial charge is 0.368 e. The van der Waals surface area contributed by atoms with Crippen molar-refractivity contribution >= 4 is 17.4 Å². The van der Waals surface area contributed by atoms with Gasteiger partial charge in [-0.05, 0) is 32.9 Å². The summed E-state index contributed by atoms with van der Waals surface area (Å²) in [5, 5.41) is 3.92. The molecule has 0 aliphatic carbocycles. The van der Waals surface area contributed by atoms with Crippen LogP contribution in [0.1, 0.15) is 52.8 Å². The molecule has 1 aliphatic rings. The molecule has 1 aromatic rings. The second-order valence-electron chi connectivity index (χ2n) is 6.98. The van der Waals surface area contributed by atoms with Crippen molar-refractivity contribution in [2.24, 2.45) is 0 Å². The fourth-order valence-corrected chi connectivity index (χ4v) is 2.77. The number of rotatable bonds is 4. The highest BCUT2D eigenvalue weighted by Gasteiger charge is 2.20. The van der Waals surface area contributed by atoms with E-state index in [1.807, 2.05) is 0 Å². The van der Waals surface area contributed by atoms with Crippen molar-refractivity contribution in [3.63, 3.8) is 0 Å². The molecule has 0 spiro atoms. The summed E-state index contributed by atoms with van der Waals surface area (Å²) in [6, 6.07) is 2.32. The second kappa shape index (κ2) is 6.93. The van der Waals surface area contributed by atoms with Crippen molar-refractivity contribution in [1.82, 2.24) is 14.9 Å². The first kappa shape index (κ1) is 16.5. The smallest absolute Gasteiger partial charge is 0.137 e. The molecule has 4 nitrogen and oxygen atoms in total. The van der Waals surface area contributed by atoms with Crippen molar-refractivity contribution in [2.75, 3.05) is 25.0 Å². The monoisotopic (exact) mass is 310 g/mol. The molecule has 1 aliphatic heterocycles. The fourth-order valence-electron chi connectivity index (χ4n) is 2.58. The molecule has 0 amide bonds. The number of nitrogens with one attached hydrogen (secondary N) is 1. The van der Waals surface area contributed by atoms with Crippen LogP contribution in [0.2, 0.25) is 5.15 Å². The van der Waals surface area contributed by atoms with E-state index >= 15 is 0 Å². The minimum Gasteiger partial charge on any atom is -0.368 e. The number of nitrogens with zero attached hydrogens (tertiary/aromatic N) is 3. The van der Waals surface area contributed by atoms with Gasteiger partial charge in [0.05, 0.1) is 0 Å². The van der Waals surface area contributed by atoms with Gasteiger partial charge in [-0.2, -0.15) is 0 Å². The Balaban J connectivity index is 1.97. The summed E-state index contributed by atoms with van der Waals surface area (Å²) in [6.07, 6.45) is 4.00. The van der Waals surface area contributed by atoms with Gasteiger partial charge in [0.15, 0.2) is 0 Å². The molecule has 1 aromatic heterocycles. The summed E-state index contributed by atoms with van der Waals surface area (Å²) in [5.74, 6) is 1.60. The van der Waals surface area contributed by atoms with E-state index in [0.29, 0.717) is 11.2 Å². The molecule has 1 saturated heterocycles. The van der Waals surface area contributed by atoms with E-state index in [1.165, 1.54) is 32.4 Å². The summed E-state index contributed by atoms with van der Waals surface area (Å²) in [4.78, 5) is 11.5. The lowest BCUT2D eigenvalue weighted by molar-refractivity contribution is 0.180. The van der Waals surface area contributed by atoms with Crippen LogP contribution in [0.25, 0.3) is 0 Å². The summed E-state index contributed by atoms with van der Waals surface area (Å²) in [6.45, 7) is 11.9. The van der Waals surface area contributed by atoms with E-state index in [4.69, 9.17) is 11.6 Å². The molecule has 0 aromatic carbocycles. The van der Waals surface area contributed by atoms with Crippen LogP contribution in [0.15, 0.2) is 6.07 Å². The Morgan fingerprint density at radius 3 is 2.52 bits per heavy atom. The molecule has 1 fully saturated rings. The topological polar surface area (TPSA) is 41.1 Å². The molecule has 21 heavy (non-hydrogen) atoms. The van der Waals surface area contributed by atoms with E-state index in [0.717, 1.165) is 18.2 Å². The highest BCUT2D eigenvalue weighted by atomic mass is 35.5. The number of hydrogen-bond acceptors (Lipinski definition) is 4. The molecular formula is C16H27ClN4. The Kier molecular flexibility index (Phi) is 5.44. The lowest BCUT2D eigenvalue weighted by Crippen LogP contribution is -2.41. The maximum Gasteiger partial charge on any atom is 0.137 e. The summed E-state index contributed by atoms with van der Waals surface area (Å²) >= 11 is 6.12. The molecule has 0 saturated carbocycles. The Labute approximate surface area is 133 Å². The maximum absolute atomic E-state index is 6.12. The van der Waals surface area contributed by atoms with Crippen LogP contribution in [0.4, 0.5) is 5.82 Å². The minimum absolute atomic E-state index is 0.0974. The van der Waals surface area contributed by atoms with Crippen molar-refractivity contribution < 1.29 is 0 Å². The molecule has 2 heterocycles. The average Bonchev–Trinajstić information content (AvgIpc) is 2.44. The van der Waals surface area contributed by atoms with Crippen LogP contribution >= 0.6 is 11.6 Å². The normalized spacial score (nSPS) is 18.5. The zero-order valence-electron chi connectivity index (χ0n) is 13.6. The summed E-state index contributed by atoms with van der Waals surface area (Å²) < 4.78 is 0. The van der Waals surface area contributed by atoms with Gasteiger partial charge >= 0.3 is 0 Å². The molecule has 5 heteroatoms. The van der Waals surface area contributed by atoms with Crippen molar-refractivity contribution in [3.8, 4) is 0 Å². The van der Waals surface area contributed by atoms with Crippen LogP contribution in [-0.4, -0.2) is 40.5 Å². The van der Waals surface area contributed by atoms with Gasteiger partial charge in [-0.15, -0.1) is 0 Å².